The van der Waals surface area contributed by atoms with Crippen molar-refractivity contribution < 1.29 is 13.5 Å². The summed E-state index contributed by atoms with van der Waals surface area (Å²) in [5.41, 5.74) is 7.56. The van der Waals surface area contributed by atoms with Crippen molar-refractivity contribution in [2.24, 2.45) is 5.92 Å². The van der Waals surface area contributed by atoms with Gasteiger partial charge in [0.05, 0.1) is 4.90 Å². The topological polar surface area (TPSA) is 92.4 Å². The van der Waals surface area contributed by atoms with Crippen LogP contribution in [0.2, 0.25) is 0 Å². The second-order valence-electron chi connectivity index (χ2n) is 5.12. The fourth-order valence-corrected chi connectivity index (χ4v) is 3.91. The van der Waals surface area contributed by atoms with E-state index in [2.05, 4.69) is 4.72 Å². The molecule has 0 spiro atoms. The Labute approximate surface area is 121 Å². The smallest absolute Gasteiger partial charge is 0.241 e. The summed E-state index contributed by atoms with van der Waals surface area (Å²) < 4.78 is 27.4. The number of nitrogens with one attached hydrogen (secondary N) is 1. The summed E-state index contributed by atoms with van der Waals surface area (Å²) in [6.45, 7) is 5.86. The maximum Gasteiger partial charge on any atom is 0.241 e. The summed E-state index contributed by atoms with van der Waals surface area (Å²) in [4.78, 5) is 0.297. The largest absolute Gasteiger partial charge is 0.399 e. The van der Waals surface area contributed by atoms with Crippen LogP contribution in [0.5, 0.6) is 0 Å². The van der Waals surface area contributed by atoms with E-state index in [0.29, 0.717) is 34.7 Å². The fraction of sp³-hybridized carbons (Fsp3) is 0.571. The minimum atomic E-state index is -3.55. The molecule has 0 saturated carbocycles. The number of anilines is 1. The summed E-state index contributed by atoms with van der Waals surface area (Å²) in [5.74, 6) is 0.143. The van der Waals surface area contributed by atoms with Crippen molar-refractivity contribution in [3.63, 3.8) is 0 Å². The van der Waals surface area contributed by atoms with Gasteiger partial charge in [-0.3, -0.25) is 0 Å². The summed E-state index contributed by atoms with van der Waals surface area (Å²) >= 11 is 0. The van der Waals surface area contributed by atoms with Gasteiger partial charge in [-0.1, -0.05) is 13.3 Å². The Morgan fingerprint density at radius 3 is 2.30 bits per heavy atom. The van der Waals surface area contributed by atoms with Crippen molar-refractivity contribution in [3.8, 4) is 0 Å². The van der Waals surface area contributed by atoms with Crippen LogP contribution in [0, 0.1) is 19.8 Å². The summed E-state index contributed by atoms with van der Waals surface area (Å²) in [7, 11) is -3.55. The van der Waals surface area contributed by atoms with Gasteiger partial charge in [0.1, 0.15) is 0 Å². The number of aliphatic hydroxyl groups excluding tert-OH is 1. The van der Waals surface area contributed by atoms with Gasteiger partial charge in [-0.25, -0.2) is 13.1 Å². The highest BCUT2D eigenvalue weighted by Crippen LogP contribution is 2.23. The highest BCUT2D eigenvalue weighted by atomic mass is 32.2. The highest BCUT2D eigenvalue weighted by Gasteiger charge is 2.20. The van der Waals surface area contributed by atoms with Crippen molar-refractivity contribution >= 4 is 15.7 Å². The number of aliphatic hydroxyl groups is 1. The molecule has 1 aromatic carbocycles. The van der Waals surface area contributed by atoms with E-state index < -0.39 is 10.0 Å². The second-order valence-corrected chi connectivity index (χ2v) is 6.83. The molecule has 0 aliphatic carbocycles. The normalized spacial score (nSPS) is 13.4. The first-order valence-electron chi connectivity index (χ1n) is 6.79. The lowest BCUT2D eigenvalue weighted by Crippen LogP contribution is -2.30. The molecule has 6 heteroatoms. The van der Waals surface area contributed by atoms with E-state index in [9.17, 15) is 8.42 Å². The molecular weight excluding hydrogens is 276 g/mol. The molecule has 0 aromatic heterocycles. The zero-order valence-corrected chi connectivity index (χ0v) is 13.1. The maximum atomic E-state index is 12.4. The van der Waals surface area contributed by atoms with Crippen LogP contribution in [-0.2, 0) is 10.0 Å². The molecule has 1 rings (SSSR count). The van der Waals surface area contributed by atoms with Crippen LogP contribution in [0.3, 0.4) is 0 Å². The molecule has 20 heavy (non-hydrogen) atoms. The first-order chi connectivity index (χ1) is 9.31. The molecule has 0 heterocycles. The van der Waals surface area contributed by atoms with Crippen LogP contribution in [0.25, 0.3) is 0 Å². The molecule has 114 valence electrons. The van der Waals surface area contributed by atoms with Crippen LogP contribution in [0.1, 0.15) is 30.9 Å². The second kappa shape index (κ2) is 7.06. The standard InChI is InChI=1S/C14H24N2O3S/c1-4-12(5-6-17)9-16-20(18,19)14-10(2)7-13(15)8-11(14)3/h7-8,12,16-17H,4-6,9,15H2,1-3H3. The summed E-state index contributed by atoms with van der Waals surface area (Å²) in [6.07, 6.45) is 1.42. The average Bonchev–Trinajstić information content (AvgIpc) is 2.32. The van der Waals surface area contributed by atoms with E-state index in [0.717, 1.165) is 6.42 Å². The van der Waals surface area contributed by atoms with Crippen molar-refractivity contribution in [2.75, 3.05) is 18.9 Å². The van der Waals surface area contributed by atoms with Gasteiger partial charge in [-0.05, 0) is 49.4 Å². The Hall–Kier alpha value is -1.11. The number of nitrogens with two attached hydrogens (primary N) is 1. The minimum absolute atomic E-state index is 0.0696. The third-order valence-corrected chi connectivity index (χ3v) is 5.16. The van der Waals surface area contributed by atoms with Crippen LogP contribution in [0.15, 0.2) is 17.0 Å². The Morgan fingerprint density at radius 1 is 1.30 bits per heavy atom. The summed E-state index contributed by atoms with van der Waals surface area (Å²) in [5, 5.41) is 8.94. The maximum absolute atomic E-state index is 12.4. The summed E-state index contributed by atoms with van der Waals surface area (Å²) in [6, 6.07) is 3.32. The number of aryl methyl sites for hydroxylation is 2. The van der Waals surface area contributed by atoms with Gasteiger partial charge in [0.2, 0.25) is 10.0 Å². The lowest BCUT2D eigenvalue weighted by molar-refractivity contribution is 0.254. The molecule has 5 nitrogen and oxygen atoms in total. The van der Waals surface area contributed by atoms with Gasteiger partial charge < -0.3 is 10.8 Å². The van der Waals surface area contributed by atoms with Crippen LogP contribution < -0.4 is 10.5 Å². The zero-order valence-electron chi connectivity index (χ0n) is 12.3. The van der Waals surface area contributed by atoms with E-state index in [1.54, 1.807) is 26.0 Å². The molecular formula is C14H24N2O3S. The third-order valence-electron chi connectivity index (χ3n) is 3.43. The van der Waals surface area contributed by atoms with E-state index in [-0.39, 0.29) is 12.5 Å². The van der Waals surface area contributed by atoms with Crippen LogP contribution in [-0.4, -0.2) is 26.7 Å². The molecule has 0 fully saturated rings. The molecule has 4 N–H and O–H groups in total. The first-order valence-corrected chi connectivity index (χ1v) is 8.27. The predicted octanol–water partition coefficient (Wildman–Crippen LogP) is 1.57. The predicted molar refractivity (Wildman–Crippen MR) is 81.0 cm³/mol. The molecule has 0 radical (unpaired) electrons. The molecule has 0 bridgehead atoms. The third kappa shape index (κ3) is 4.19. The van der Waals surface area contributed by atoms with Crippen LogP contribution >= 0.6 is 0 Å². The first kappa shape index (κ1) is 16.9. The zero-order chi connectivity index (χ0) is 15.3. The highest BCUT2D eigenvalue weighted by molar-refractivity contribution is 7.89. The lowest BCUT2D eigenvalue weighted by atomic mass is 10.0. The molecule has 0 amide bonds. The molecule has 1 unspecified atom stereocenters. The lowest BCUT2D eigenvalue weighted by Gasteiger charge is -2.17. The number of hydrogen-bond donors (Lipinski definition) is 3. The Balaban J connectivity index is 2.95. The Bertz CT molecular complexity index is 533. The quantitative estimate of drug-likeness (QED) is 0.666. The van der Waals surface area contributed by atoms with Crippen molar-refractivity contribution in [2.45, 2.75) is 38.5 Å². The number of hydrogen-bond acceptors (Lipinski definition) is 4. The number of benzene rings is 1. The fourth-order valence-electron chi connectivity index (χ4n) is 2.34. The van der Waals surface area contributed by atoms with Gasteiger partial charge in [0.15, 0.2) is 0 Å². The number of rotatable bonds is 7. The van der Waals surface area contributed by atoms with Gasteiger partial charge in [-0.15, -0.1) is 0 Å². The van der Waals surface area contributed by atoms with E-state index in [1.165, 1.54) is 0 Å². The number of nitrogen functional groups attached to an aromatic ring is 1. The van der Waals surface area contributed by atoms with Gasteiger partial charge in [0, 0.05) is 18.8 Å². The van der Waals surface area contributed by atoms with Gasteiger partial charge in [0.25, 0.3) is 0 Å². The Morgan fingerprint density at radius 2 is 1.85 bits per heavy atom. The molecule has 0 aliphatic heterocycles. The van der Waals surface area contributed by atoms with Crippen molar-refractivity contribution in [3.05, 3.63) is 23.3 Å². The van der Waals surface area contributed by atoms with Crippen LogP contribution in [0.4, 0.5) is 5.69 Å². The van der Waals surface area contributed by atoms with Gasteiger partial charge in [-0.2, -0.15) is 0 Å². The Kier molecular flexibility index (Phi) is 5.98. The average molecular weight is 300 g/mol. The number of sulfonamides is 1. The molecule has 0 saturated heterocycles. The SMILES string of the molecule is CCC(CCO)CNS(=O)(=O)c1c(C)cc(N)cc1C. The van der Waals surface area contributed by atoms with Crippen molar-refractivity contribution in [1.82, 2.24) is 4.72 Å². The van der Waals surface area contributed by atoms with E-state index in [4.69, 9.17) is 10.8 Å². The van der Waals surface area contributed by atoms with Gasteiger partial charge >= 0.3 is 0 Å². The molecule has 0 aliphatic rings. The molecule has 1 atom stereocenters. The molecule has 1 aromatic rings. The van der Waals surface area contributed by atoms with E-state index >= 15 is 0 Å². The minimum Gasteiger partial charge on any atom is -0.399 e. The van der Waals surface area contributed by atoms with E-state index in [1.807, 2.05) is 6.92 Å². The van der Waals surface area contributed by atoms with Crippen molar-refractivity contribution in [1.29, 1.82) is 0 Å². The monoisotopic (exact) mass is 300 g/mol.